The van der Waals surface area contributed by atoms with E-state index in [4.69, 9.17) is 9.47 Å². The highest BCUT2D eigenvalue weighted by Gasteiger charge is 2.43. The van der Waals surface area contributed by atoms with E-state index in [2.05, 4.69) is 10.6 Å². The first-order valence-electron chi connectivity index (χ1n) is 10.1. The van der Waals surface area contributed by atoms with E-state index in [-0.39, 0.29) is 17.4 Å². The Labute approximate surface area is 162 Å². The Balaban J connectivity index is 1.63. The normalized spacial score (nSPS) is 21.3. The van der Waals surface area contributed by atoms with Crippen LogP contribution in [-0.4, -0.2) is 63.4 Å². The van der Waals surface area contributed by atoms with Gasteiger partial charge in [0.2, 0.25) is 5.91 Å². The van der Waals surface area contributed by atoms with Crippen molar-refractivity contribution in [2.75, 3.05) is 46.5 Å². The van der Waals surface area contributed by atoms with Gasteiger partial charge in [0.05, 0.1) is 19.3 Å². The van der Waals surface area contributed by atoms with Crippen LogP contribution < -0.4 is 15.4 Å². The minimum Gasteiger partial charge on any atom is -0.494 e. The minimum atomic E-state index is -0.0809. The summed E-state index contributed by atoms with van der Waals surface area (Å²) in [6, 6.07) is 7.93. The molecule has 6 heteroatoms. The van der Waals surface area contributed by atoms with E-state index >= 15 is 0 Å². The molecule has 150 valence electrons. The van der Waals surface area contributed by atoms with Crippen LogP contribution in [0.3, 0.4) is 0 Å². The highest BCUT2D eigenvalue weighted by Crippen LogP contribution is 2.37. The van der Waals surface area contributed by atoms with Gasteiger partial charge in [0.1, 0.15) is 5.75 Å². The summed E-state index contributed by atoms with van der Waals surface area (Å²) in [6.07, 6.45) is 3.25. The molecule has 0 aliphatic carbocycles. The minimum absolute atomic E-state index is 0.0809. The van der Waals surface area contributed by atoms with Crippen molar-refractivity contribution in [3.63, 3.8) is 0 Å². The summed E-state index contributed by atoms with van der Waals surface area (Å²) < 4.78 is 10.7. The Morgan fingerprint density at radius 1 is 1.26 bits per heavy atom. The van der Waals surface area contributed by atoms with Gasteiger partial charge in [-0.15, -0.1) is 0 Å². The molecule has 2 heterocycles. The lowest BCUT2D eigenvalue weighted by Gasteiger charge is -2.33. The van der Waals surface area contributed by atoms with Crippen molar-refractivity contribution in [1.82, 2.24) is 15.5 Å². The summed E-state index contributed by atoms with van der Waals surface area (Å²) in [5, 5.41) is 6.93. The van der Waals surface area contributed by atoms with Crippen molar-refractivity contribution in [3.8, 4) is 5.75 Å². The Hall–Kier alpha value is -1.63. The third kappa shape index (κ3) is 5.21. The quantitative estimate of drug-likeness (QED) is 0.725. The summed E-state index contributed by atoms with van der Waals surface area (Å²) in [5.74, 6) is 1.05. The molecule has 0 aromatic heterocycles. The molecule has 1 aromatic rings. The molecule has 2 N–H and O–H groups in total. The summed E-state index contributed by atoms with van der Waals surface area (Å²) in [7, 11) is 1.68. The number of methoxy groups -OCH3 is 1. The van der Waals surface area contributed by atoms with Crippen molar-refractivity contribution in [2.24, 2.45) is 5.41 Å². The Morgan fingerprint density at radius 3 is 2.67 bits per heavy atom. The molecular formula is C21H33N3O3. The lowest BCUT2D eigenvalue weighted by molar-refractivity contribution is -0.134. The van der Waals surface area contributed by atoms with Gasteiger partial charge in [-0.25, -0.2) is 0 Å². The number of hydrogen-bond donors (Lipinski definition) is 2. The molecule has 0 radical (unpaired) electrons. The molecule has 1 atom stereocenters. The van der Waals surface area contributed by atoms with Gasteiger partial charge in [-0.05, 0) is 62.4 Å². The maximum Gasteiger partial charge on any atom is 0.240 e. The Bertz CT molecular complexity index is 599. The van der Waals surface area contributed by atoms with E-state index in [1.807, 2.05) is 36.1 Å². The first-order chi connectivity index (χ1) is 13.2. The van der Waals surface area contributed by atoms with Crippen LogP contribution in [-0.2, 0) is 16.1 Å². The lowest BCUT2D eigenvalue weighted by Crippen LogP contribution is -2.44. The second-order valence-electron chi connectivity index (χ2n) is 7.72. The van der Waals surface area contributed by atoms with E-state index in [0.29, 0.717) is 26.3 Å². The summed E-state index contributed by atoms with van der Waals surface area (Å²) in [4.78, 5) is 15.1. The summed E-state index contributed by atoms with van der Waals surface area (Å²) >= 11 is 0. The number of nitrogens with zero attached hydrogens (tertiary/aromatic N) is 1. The molecule has 2 fully saturated rings. The zero-order valence-electron chi connectivity index (χ0n) is 16.6. The topological polar surface area (TPSA) is 62.8 Å². The van der Waals surface area contributed by atoms with Gasteiger partial charge in [-0.2, -0.15) is 0 Å². The second-order valence-corrected chi connectivity index (χ2v) is 7.72. The highest BCUT2D eigenvalue weighted by molar-refractivity contribution is 5.82. The van der Waals surface area contributed by atoms with E-state index < -0.39 is 0 Å². The highest BCUT2D eigenvalue weighted by atomic mass is 16.5. The number of nitrogens with one attached hydrogen (secondary N) is 2. The fourth-order valence-electron chi connectivity index (χ4n) is 4.20. The fraction of sp³-hybridized carbons (Fsp3) is 0.667. The average molecular weight is 376 g/mol. The van der Waals surface area contributed by atoms with Gasteiger partial charge in [0, 0.05) is 26.7 Å². The van der Waals surface area contributed by atoms with E-state index in [0.717, 1.165) is 50.2 Å². The van der Waals surface area contributed by atoms with Crippen LogP contribution >= 0.6 is 0 Å². The fourth-order valence-corrected chi connectivity index (χ4v) is 4.20. The molecule has 2 aliphatic rings. The van der Waals surface area contributed by atoms with Crippen LogP contribution in [0.15, 0.2) is 24.3 Å². The maximum atomic E-state index is 13.2. The van der Waals surface area contributed by atoms with Crippen LogP contribution in [0.25, 0.3) is 0 Å². The molecule has 27 heavy (non-hydrogen) atoms. The number of amides is 1. The van der Waals surface area contributed by atoms with Gasteiger partial charge < -0.3 is 25.0 Å². The van der Waals surface area contributed by atoms with E-state index in [1.54, 1.807) is 7.11 Å². The van der Waals surface area contributed by atoms with Crippen LogP contribution in [0, 0.1) is 5.41 Å². The summed E-state index contributed by atoms with van der Waals surface area (Å²) in [5.41, 5.74) is 1.40. The number of ether oxygens (including phenoxy) is 2. The van der Waals surface area contributed by atoms with Crippen molar-refractivity contribution < 1.29 is 14.3 Å². The van der Waals surface area contributed by atoms with Crippen LogP contribution in [0.4, 0.5) is 0 Å². The van der Waals surface area contributed by atoms with Crippen molar-refractivity contribution in [2.45, 2.75) is 38.8 Å². The molecule has 2 aliphatic heterocycles. The lowest BCUT2D eigenvalue weighted by atomic mass is 9.77. The molecule has 1 amide bonds. The standard InChI is InChI=1S/C21H33N3O3/c1-3-27-18-6-4-17(5-7-18)15-24(12-13-26-2)20(25)19-14-21(16-23-19)8-10-22-11-9-21/h4-7,19,22-23H,3,8-16H2,1-2H3. The molecule has 3 rings (SSSR count). The van der Waals surface area contributed by atoms with Gasteiger partial charge in [-0.3, -0.25) is 4.79 Å². The number of rotatable bonds is 8. The van der Waals surface area contributed by atoms with Crippen molar-refractivity contribution >= 4 is 5.91 Å². The van der Waals surface area contributed by atoms with Gasteiger partial charge >= 0.3 is 0 Å². The monoisotopic (exact) mass is 375 g/mol. The molecule has 0 bridgehead atoms. The third-order valence-corrected chi connectivity index (χ3v) is 5.81. The Kier molecular flexibility index (Phi) is 7.10. The smallest absolute Gasteiger partial charge is 0.240 e. The first-order valence-corrected chi connectivity index (χ1v) is 10.1. The molecule has 6 nitrogen and oxygen atoms in total. The zero-order chi connectivity index (χ0) is 19.1. The number of piperidine rings is 1. The molecule has 2 saturated heterocycles. The molecule has 0 saturated carbocycles. The number of hydrogen-bond acceptors (Lipinski definition) is 5. The van der Waals surface area contributed by atoms with Gasteiger partial charge in [0.25, 0.3) is 0 Å². The van der Waals surface area contributed by atoms with Crippen LogP contribution in [0.1, 0.15) is 31.7 Å². The molecule has 1 spiro atoms. The SMILES string of the molecule is CCOc1ccc(CN(CCOC)C(=O)C2CC3(CCNCC3)CN2)cc1. The summed E-state index contributed by atoms with van der Waals surface area (Å²) in [6.45, 7) is 7.45. The Morgan fingerprint density at radius 2 is 2.00 bits per heavy atom. The maximum absolute atomic E-state index is 13.2. The van der Waals surface area contributed by atoms with Crippen molar-refractivity contribution in [1.29, 1.82) is 0 Å². The average Bonchev–Trinajstić information content (AvgIpc) is 3.10. The molecule has 1 unspecified atom stereocenters. The second kappa shape index (κ2) is 9.53. The number of benzene rings is 1. The number of carbonyl (C=O) groups excluding carboxylic acids is 1. The predicted octanol–water partition coefficient (Wildman–Crippen LogP) is 1.79. The van der Waals surface area contributed by atoms with Crippen LogP contribution in [0.2, 0.25) is 0 Å². The van der Waals surface area contributed by atoms with E-state index in [1.165, 1.54) is 0 Å². The predicted molar refractivity (Wildman–Crippen MR) is 106 cm³/mol. The van der Waals surface area contributed by atoms with E-state index in [9.17, 15) is 4.79 Å². The van der Waals surface area contributed by atoms with Crippen LogP contribution in [0.5, 0.6) is 5.75 Å². The van der Waals surface area contributed by atoms with Gasteiger partial charge in [-0.1, -0.05) is 12.1 Å². The largest absolute Gasteiger partial charge is 0.494 e. The number of carbonyl (C=O) groups is 1. The van der Waals surface area contributed by atoms with Crippen molar-refractivity contribution in [3.05, 3.63) is 29.8 Å². The molecule has 1 aromatic carbocycles. The zero-order valence-corrected chi connectivity index (χ0v) is 16.6. The molecular weight excluding hydrogens is 342 g/mol. The third-order valence-electron chi connectivity index (χ3n) is 5.81. The van der Waals surface area contributed by atoms with Gasteiger partial charge in [0.15, 0.2) is 0 Å². The first kappa shape index (κ1) is 20.1.